The predicted octanol–water partition coefficient (Wildman–Crippen LogP) is 2.68. The lowest BCUT2D eigenvalue weighted by Gasteiger charge is -1.93. The Bertz CT molecular complexity index is 284. The highest BCUT2D eigenvalue weighted by Gasteiger charge is 2.00. The lowest BCUT2D eigenvalue weighted by atomic mass is 10.3. The van der Waals surface area contributed by atoms with Crippen LogP contribution in [-0.2, 0) is 0 Å². The third kappa shape index (κ3) is 1.80. The molecule has 0 heterocycles. The molecule has 0 amide bonds. The zero-order valence-corrected chi connectivity index (χ0v) is 5.88. The second-order valence-corrected chi connectivity index (χ2v) is 1.90. The van der Waals surface area contributed by atoms with Gasteiger partial charge in [0.15, 0.2) is 5.82 Å². The first-order valence-corrected chi connectivity index (χ1v) is 2.99. The molecule has 0 bridgehead atoms. The Morgan fingerprint density at radius 3 is 2.55 bits per heavy atom. The van der Waals surface area contributed by atoms with Gasteiger partial charge in [-0.15, -0.1) is 0 Å². The van der Waals surface area contributed by atoms with Crippen molar-refractivity contribution < 1.29 is 8.78 Å². The summed E-state index contributed by atoms with van der Waals surface area (Å²) in [5, 5.41) is 6.79. The molecule has 0 aliphatic rings. The van der Waals surface area contributed by atoms with Gasteiger partial charge < -0.3 is 0 Å². The summed E-state index contributed by atoms with van der Waals surface area (Å²) < 4.78 is 24.9. The fourth-order valence-corrected chi connectivity index (χ4v) is 0.670. The van der Waals surface area contributed by atoms with Crippen LogP contribution in [0.2, 0.25) is 0 Å². The molecular formula is C7H6F2N2. The van der Waals surface area contributed by atoms with Gasteiger partial charge in [-0.2, -0.15) is 10.2 Å². The summed E-state index contributed by atoms with van der Waals surface area (Å²) in [7, 11) is 1.42. The highest BCUT2D eigenvalue weighted by atomic mass is 19.1. The number of benzene rings is 1. The molecule has 11 heavy (non-hydrogen) atoms. The molecule has 1 aromatic rings. The van der Waals surface area contributed by atoms with Crippen LogP contribution >= 0.6 is 0 Å². The minimum absolute atomic E-state index is 0.0499. The lowest BCUT2D eigenvalue weighted by molar-refractivity contribution is 0.584. The van der Waals surface area contributed by atoms with Gasteiger partial charge in [0.2, 0.25) is 0 Å². The Balaban J connectivity index is 3.09. The minimum Gasteiger partial charge on any atom is -0.207 e. The predicted molar refractivity (Wildman–Crippen MR) is 36.8 cm³/mol. The summed E-state index contributed by atoms with van der Waals surface area (Å²) in [4.78, 5) is 0. The Labute approximate surface area is 62.6 Å². The molecule has 0 saturated heterocycles. The van der Waals surface area contributed by atoms with E-state index in [1.807, 2.05) is 0 Å². The number of azo groups is 1. The van der Waals surface area contributed by atoms with Crippen molar-refractivity contribution in [1.82, 2.24) is 0 Å². The second kappa shape index (κ2) is 3.18. The molecule has 0 atom stereocenters. The molecule has 0 fully saturated rings. The molecular weight excluding hydrogens is 150 g/mol. The van der Waals surface area contributed by atoms with Gasteiger partial charge in [0, 0.05) is 13.1 Å². The molecule has 0 N–H and O–H groups in total. The molecule has 4 heteroatoms. The molecule has 1 aromatic carbocycles. The molecule has 0 aromatic heterocycles. The van der Waals surface area contributed by atoms with Gasteiger partial charge in [-0.25, -0.2) is 8.78 Å². The number of hydrogen-bond donors (Lipinski definition) is 0. The van der Waals surface area contributed by atoms with E-state index >= 15 is 0 Å². The molecule has 0 saturated carbocycles. The molecule has 58 valence electrons. The molecule has 0 spiro atoms. The Hall–Kier alpha value is -1.32. The summed E-state index contributed by atoms with van der Waals surface area (Å²) in [6, 6.07) is 3.13. The van der Waals surface area contributed by atoms with E-state index in [4.69, 9.17) is 0 Å². The van der Waals surface area contributed by atoms with Crippen molar-refractivity contribution >= 4 is 5.69 Å². The van der Waals surface area contributed by atoms with Gasteiger partial charge in [0.1, 0.15) is 11.5 Å². The normalized spacial score (nSPS) is 10.8. The summed E-state index contributed by atoms with van der Waals surface area (Å²) in [5.41, 5.74) is 0.0499. The Morgan fingerprint density at radius 1 is 1.27 bits per heavy atom. The van der Waals surface area contributed by atoms with Gasteiger partial charge >= 0.3 is 0 Å². The van der Waals surface area contributed by atoms with Crippen LogP contribution in [0.4, 0.5) is 14.5 Å². The lowest BCUT2D eigenvalue weighted by Crippen LogP contribution is -1.77. The van der Waals surface area contributed by atoms with E-state index < -0.39 is 11.6 Å². The smallest absolute Gasteiger partial charge is 0.153 e. The maximum absolute atomic E-state index is 12.6. The summed E-state index contributed by atoms with van der Waals surface area (Å²) in [6.45, 7) is 0. The number of rotatable bonds is 1. The van der Waals surface area contributed by atoms with Crippen LogP contribution in [0.1, 0.15) is 0 Å². The van der Waals surface area contributed by atoms with Crippen molar-refractivity contribution in [3.8, 4) is 0 Å². The monoisotopic (exact) mass is 156 g/mol. The molecule has 2 nitrogen and oxygen atoms in total. The van der Waals surface area contributed by atoms with E-state index in [2.05, 4.69) is 10.2 Å². The van der Waals surface area contributed by atoms with E-state index in [0.29, 0.717) is 0 Å². The van der Waals surface area contributed by atoms with E-state index in [0.717, 1.165) is 12.1 Å². The highest BCUT2D eigenvalue weighted by Crippen LogP contribution is 2.17. The topological polar surface area (TPSA) is 24.7 Å². The summed E-state index contributed by atoms with van der Waals surface area (Å²) in [5.74, 6) is -1.31. The second-order valence-electron chi connectivity index (χ2n) is 1.90. The minimum atomic E-state index is -0.699. The fourth-order valence-electron chi connectivity index (χ4n) is 0.670. The van der Waals surface area contributed by atoms with E-state index in [1.165, 1.54) is 13.1 Å². The van der Waals surface area contributed by atoms with E-state index in [9.17, 15) is 8.78 Å². The molecule has 0 radical (unpaired) electrons. The van der Waals surface area contributed by atoms with Gasteiger partial charge in [0.05, 0.1) is 0 Å². The number of hydrogen-bond acceptors (Lipinski definition) is 2. The van der Waals surface area contributed by atoms with Gasteiger partial charge in [0.25, 0.3) is 0 Å². The van der Waals surface area contributed by atoms with Crippen LogP contribution in [0.15, 0.2) is 28.4 Å². The fraction of sp³-hybridized carbons (Fsp3) is 0.143. The van der Waals surface area contributed by atoms with Crippen LogP contribution in [0.3, 0.4) is 0 Å². The maximum atomic E-state index is 12.6. The first kappa shape index (κ1) is 7.78. The number of halogens is 2. The molecule has 0 unspecified atom stereocenters. The molecule has 0 aliphatic heterocycles. The highest BCUT2D eigenvalue weighted by molar-refractivity contribution is 5.37. The summed E-state index contributed by atoms with van der Waals surface area (Å²) in [6.07, 6.45) is 0. The van der Waals surface area contributed by atoms with Gasteiger partial charge in [-0.05, 0) is 12.1 Å². The zero-order chi connectivity index (χ0) is 8.27. The van der Waals surface area contributed by atoms with Crippen molar-refractivity contribution in [3.05, 3.63) is 29.8 Å². The first-order chi connectivity index (χ1) is 5.24. The third-order valence-electron chi connectivity index (χ3n) is 1.12. The van der Waals surface area contributed by atoms with Crippen LogP contribution < -0.4 is 0 Å². The van der Waals surface area contributed by atoms with Crippen molar-refractivity contribution in [2.24, 2.45) is 10.2 Å². The van der Waals surface area contributed by atoms with Crippen LogP contribution in [-0.4, -0.2) is 7.05 Å². The van der Waals surface area contributed by atoms with E-state index in [-0.39, 0.29) is 5.69 Å². The van der Waals surface area contributed by atoms with Crippen molar-refractivity contribution in [2.75, 3.05) is 7.05 Å². The zero-order valence-electron chi connectivity index (χ0n) is 5.88. The summed E-state index contributed by atoms with van der Waals surface area (Å²) >= 11 is 0. The van der Waals surface area contributed by atoms with Gasteiger partial charge in [-0.3, -0.25) is 0 Å². The SMILES string of the molecule is C/N=N/c1ccc(F)cc1F. The van der Waals surface area contributed by atoms with Crippen molar-refractivity contribution in [2.45, 2.75) is 0 Å². The first-order valence-electron chi connectivity index (χ1n) is 2.99. The number of nitrogens with zero attached hydrogens (tertiary/aromatic N) is 2. The van der Waals surface area contributed by atoms with Crippen LogP contribution in [0, 0.1) is 11.6 Å². The molecule has 0 aliphatic carbocycles. The third-order valence-corrected chi connectivity index (χ3v) is 1.12. The largest absolute Gasteiger partial charge is 0.207 e. The Kier molecular flexibility index (Phi) is 2.25. The van der Waals surface area contributed by atoms with Crippen LogP contribution in [0.25, 0.3) is 0 Å². The molecule has 1 rings (SSSR count). The average molecular weight is 156 g/mol. The van der Waals surface area contributed by atoms with Crippen molar-refractivity contribution in [1.29, 1.82) is 0 Å². The Morgan fingerprint density at radius 2 is 2.00 bits per heavy atom. The van der Waals surface area contributed by atoms with Crippen LogP contribution in [0.5, 0.6) is 0 Å². The average Bonchev–Trinajstić information content (AvgIpc) is 1.95. The van der Waals surface area contributed by atoms with Gasteiger partial charge in [-0.1, -0.05) is 0 Å². The quantitative estimate of drug-likeness (QED) is 0.558. The van der Waals surface area contributed by atoms with E-state index in [1.54, 1.807) is 0 Å². The maximum Gasteiger partial charge on any atom is 0.153 e. The standard InChI is InChI=1S/C7H6F2N2/c1-10-11-7-3-2-5(8)4-6(7)9/h2-4H,1H3/b11-10+. The van der Waals surface area contributed by atoms with Crippen molar-refractivity contribution in [3.63, 3.8) is 0 Å².